The summed E-state index contributed by atoms with van der Waals surface area (Å²) in [6.45, 7) is 0. The van der Waals surface area contributed by atoms with E-state index < -0.39 is 34.9 Å². The lowest BCUT2D eigenvalue weighted by atomic mass is 9.93. The molecule has 2 aromatic rings. The fraction of sp³-hybridized carbons (Fsp3) is 0.133. The van der Waals surface area contributed by atoms with Crippen LogP contribution < -0.4 is 0 Å². The molecule has 1 aliphatic heterocycles. The molecule has 0 amide bonds. The van der Waals surface area contributed by atoms with E-state index in [1.54, 1.807) is 0 Å². The molecule has 7 heteroatoms. The van der Waals surface area contributed by atoms with Crippen LogP contribution in [0.5, 0.6) is 0 Å². The fourth-order valence-corrected chi connectivity index (χ4v) is 2.75. The summed E-state index contributed by atoms with van der Waals surface area (Å²) >= 11 is 3.11. The van der Waals surface area contributed by atoms with Gasteiger partial charge >= 0.3 is 0 Å². The van der Waals surface area contributed by atoms with Gasteiger partial charge in [-0.15, -0.1) is 0 Å². The van der Waals surface area contributed by atoms with Gasteiger partial charge in [0.2, 0.25) is 0 Å². The van der Waals surface area contributed by atoms with Gasteiger partial charge in [-0.2, -0.15) is 0 Å². The van der Waals surface area contributed by atoms with E-state index in [0.29, 0.717) is 10.7 Å². The van der Waals surface area contributed by atoms with Crippen molar-refractivity contribution >= 4 is 20.6 Å². The van der Waals surface area contributed by atoms with Crippen molar-refractivity contribution in [3.05, 3.63) is 59.2 Å². The number of oxime groups is 1. The third kappa shape index (κ3) is 2.61. The van der Waals surface area contributed by atoms with E-state index in [2.05, 4.69) is 21.1 Å². The molecule has 3 rings (SSSR count). The maximum Gasteiger partial charge on any atom is 0.162 e. The maximum atomic E-state index is 14.2. The highest BCUT2D eigenvalue weighted by atomic mass is 79.9. The molecule has 0 N–H and O–H groups in total. The lowest BCUT2D eigenvalue weighted by molar-refractivity contribution is 0.0833. The maximum absolute atomic E-state index is 14.2. The van der Waals surface area contributed by atoms with Crippen LogP contribution in [0.4, 0.5) is 17.6 Å². The molecular formula is C15H8BrF4NO. The monoisotopic (exact) mass is 373 g/mol. The Kier molecular flexibility index (Phi) is 3.90. The zero-order valence-electron chi connectivity index (χ0n) is 10.9. The SMILES string of the molecule is Fc1cc(F)c(C2CC(Br)=NO2)c(-c2c(F)cccc2F)c1. The number of benzene rings is 2. The molecule has 0 aromatic heterocycles. The van der Waals surface area contributed by atoms with Gasteiger partial charge in [0, 0.05) is 23.6 Å². The summed E-state index contributed by atoms with van der Waals surface area (Å²) in [5, 5.41) is 3.62. The van der Waals surface area contributed by atoms with Crippen LogP contribution in [0.2, 0.25) is 0 Å². The van der Waals surface area contributed by atoms with Crippen molar-refractivity contribution in [1.29, 1.82) is 0 Å². The highest BCUT2D eigenvalue weighted by Gasteiger charge is 2.30. The quantitative estimate of drug-likeness (QED) is 0.672. The fourth-order valence-electron chi connectivity index (χ4n) is 2.38. The van der Waals surface area contributed by atoms with Gasteiger partial charge in [0.25, 0.3) is 0 Å². The van der Waals surface area contributed by atoms with E-state index in [1.807, 2.05) is 0 Å². The molecule has 1 heterocycles. The summed E-state index contributed by atoms with van der Waals surface area (Å²) in [5.41, 5.74) is -0.860. The van der Waals surface area contributed by atoms with Crippen LogP contribution in [-0.2, 0) is 4.84 Å². The Morgan fingerprint density at radius 1 is 1.05 bits per heavy atom. The zero-order valence-corrected chi connectivity index (χ0v) is 12.5. The van der Waals surface area contributed by atoms with Gasteiger partial charge in [-0.1, -0.05) is 11.2 Å². The van der Waals surface area contributed by atoms with Crippen LogP contribution in [0.25, 0.3) is 11.1 Å². The smallest absolute Gasteiger partial charge is 0.162 e. The summed E-state index contributed by atoms with van der Waals surface area (Å²) in [4.78, 5) is 5.05. The van der Waals surface area contributed by atoms with Crippen LogP contribution in [0.3, 0.4) is 0 Å². The molecular weight excluding hydrogens is 366 g/mol. The number of halogens is 5. The normalized spacial score (nSPS) is 17.3. The zero-order chi connectivity index (χ0) is 15.9. The molecule has 0 bridgehead atoms. The van der Waals surface area contributed by atoms with E-state index in [9.17, 15) is 17.6 Å². The van der Waals surface area contributed by atoms with Crippen molar-refractivity contribution in [2.75, 3.05) is 0 Å². The van der Waals surface area contributed by atoms with Crippen LogP contribution in [-0.4, -0.2) is 4.62 Å². The molecule has 0 fully saturated rings. The Hall–Kier alpha value is -1.89. The Balaban J connectivity index is 2.23. The highest BCUT2D eigenvalue weighted by Crippen LogP contribution is 2.39. The Morgan fingerprint density at radius 3 is 2.32 bits per heavy atom. The van der Waals surface area contributed by atoms with E-state index in [-0.39, 0.29) is 17.5 Å². The number of hydrogen-bond donors (Lipinski definition) is 0. The predicted molar refractivity (Wildman–Crippen MR) is 76.5 cm³/mol. The van der Waals surface area contributed by atoms with Crippen molar-refractivity contribution in [1.82, 2.24) is 0 Å². The largest absolute Gasteiger partial charge is 0.386 e. The first-order valence-electron chi connectivity index (χ1n) is 6.29. The number of rotatable bonds is 2. The summed E-state index contributed by atoms with van der Waals surface area (Å²) < 4.78 is 56.2. The van der Waals surface area contributed by atoms with E-state index in [0.717, 1.165) is 18.2 Å². The molecule has 0 saturated heterocycles. The first kappa shape index (κ1) is 15.0. The summed E-state index contributed by atoms with van der Waals surface area (Å²) in [6.07, 6.45) is -0.699. The molecule has 114 valence electrons. The van der Waals surface area contributed by atoms with E-state index in [4.69, 9.17) is 4.84 Å². The third-order valence-corrected chi connectivity index (χ3v) is 3.75. The molecule has 1 aliphatic rings. The standard InChI is InChI=1S/C15H8BrF4NO/c16-13-6-12(22-21-13)15-8(4-7(17)5-11(15)20)14-9(18)2-1-3-10(14)19/h1-5,12H,6H2. The van der Waals surface area contributed by atoms with Crippen molar-refractivity contribution in [2.24, 2.45) is 5.16 Å². The minimum atomic E-state index is -0.944. The molecule has 2 aromatic carbocycles. The third-order valence-electron chi connectivity index (χ3n) is 3.28. The number of hydrogen-bond acceptors (Lipinski definition) is 2. The lowest BCUT2D eigenvalue weighted by Gasteiger charge is -2.16. The van der Waals surface area contributed by atoms with Gasteiger partial charge in [-0.3, -0.25) is 0 Å². The molecule has 0 spiro atoms. The summed E-state index contributed by atoms with van der Waals surface area (Å²) in [5.74, 6) is -3.70. The molecule has 1 unspecified atom stereocenters. The Morgan fingerprint density at radius 2 is 1.73 bits per heavy atom. The van der Waals surface area contributed by atoms with Crippen molar-refractivity contribution < 1.29 is 22.4 Å². The lowest BCUT2D eigenvalue weighted by Crippen LogP contribution is -2.06. The topological polar surface area (TPSA) is 21.6 Å². The molecule has 2 nitrogen and oxygen atoms in total. The average Bonchev–Trinajstić information content (AvgIpc) is 2.84. The van der Waals surface area contributed by atoms with Crippen molar-refractivity contribution in [3.63, 3.8) is 0 Å². The average molecular weight is 374 g/mol. The van der Waals surface area contributed by atoms with Gasteiger partial charge in [0.1, 0.15) is 27.9 Å². The van der Waals surface area contributed by atoms with Gasteiger partial charge in [0.05, 0.1) is 5.56 Å². The Labute approximate surface area is 131 Å². The van der Waals surface area contributed by atoms with E-state index >= 15 is 0 Å². The van der Waals surface area contributed by atoms with Crippen LogP contribution >= 0.6 is 15.9 Å². The number of nitrogens with zero attached hydrogens (tertiary/aromatic N) is 1. The molecule has 0 radical (unpaired) electrons. The van der Waals surface area contributed by atoms with Gasteiger partial charge in [-0.25, -0.2) is 17.6 Å². The van der Waals surface area contributed by atoms with Gasteiger partial charge < -0.3 is 4.84 Å². The van der Waals surface area contributed by atoms with Crippen LogP contribution in [0.1, 0.15) is 18.1 Å². The predicted octanol–water partition coefficient (Wildman–Crippen LogP) is 5.08. The Bertz CT molecular complexity index is 758. The van der Waals surface area contributed by atoms with Gasteiger partial charge in [0.15, 0.2) is 6.10 Å². The second kappa shape index (κ2) is 5.72. The van der Waals surface area contributed by atoms with Crippen molar-refractivity contribution in [2.45, 2.75) is 12.5 Å². The van der Waals surface area contributed by atoms with E-state index in [1.165, 1.54) is 6.07 Å². The summed E-state index contributed by atoms with van der Waals surface area (Å²) in [7, 11) is 0. The molecule has 0 aliphatic carbocycles. The molecule has 22 heavy (non-hydrogen) atoms. The first-order chi connectivity index (χ1) is 10.5. The summed E-state index contributed by atoms with van der Waals surface area (Å²) in [6, 6.07) is 4.75. The molecule has 1 atom stereocenters. The minimum Gasteiger partial charge on any atom is -0.386 e. The second-order valence-electron chi connectivity index (χ2n) is 4.71. The van der Waals surface area contributed by atoms with Crippen molar-refractivity contribution in [3.8, 4) is 11.1 Å². The first-order valence-corrected chi connectivity index (χ1v) is 7.08. The molecule has 0 saturated carbocycles. The van der Waals surface area contributed by atoms with Crippen LogP contribution in [0.15, 0.2) is 35.5 Å². The van der Waals surface area contributed by atoms with Crippen LogP contribution in [0, 0.1) is 23.3 Å². The van der Waals surface area contributed by atoms with Gasteiger partial charge in [-0.05, 0) is 34.1 Å². The highest BCUT2D eigenvalue weighted by molar-refractivity contribution is 9.18. The minimum absolute atomic E-state index is 0.136. The second-order valence-corrected chi connectivity index (χ2v) is 5.63.